The number of hydrogen-bond donors (Lipinski definition) is 0. The number of rotatable bonds is 2. The molecule has 0 aromatic rings. The van der Waals surface area contributed by atoms with Crippen LogP contribution in [0.1, 0.15) is 105 Å². The first-order valence-corrected chi connectivity index (χ1v) is 10.2. The third kappa shape index (κ3) is 4.26. The lowest BCUT2D eigenvalue weighted by molar-refractivity contribution is 0.0734. The summed E-state index contributed by atoms with van der Waals surface area (Å²) in [4.78, 5) is 0. The Kier molecular flexibility index (Phi) is 6.63. The molecule has 3 fully saturated rings. The summed E-state index contributed by atoms with van der Waals surface area (Å²) in [5.74, 6) is 4.48. The highest BCUT2D eigenvalue weighted by Gasteiger charge is 2.41. The minimum atomic E-state index is 0.692. The second-order valence-electron chi connectivity index (χ2n) is 8.43. The molecule has 0 heterocycles. The Morgan fingerprint density at radius 1 is 0.762 bits per heavy atom. The van der Waals surface area contributed by atoms with Crippen molar-refractivity contribution in [1.82, 2.24) is 0 Å². The van der Waals surface area contributed by atoms with Crippen molar-refractivity contribution in [3.8, 4) is 0 Å². The summed E-state index contributed by atoms with van der Waals surface area (Å²) >= 11 is 0. The number of hydrogen-bond acceptors (Lipinski definition) is 0. The maximum Gasteiger partial charge on any atom is -0.0326 e. The van der Waals surface area contributed by atoms with Gasteiger partial charge in [0.15, 0.2) is 0 Å². The lowest BCUT2D eigenvalue weighted by Crippen LogP contribution is -2.33. The third-order valence-electron chi connectivity index (χ3n) is 7.04. The Morgan fingerprint density at radius 2 is 1.19 bits per heavy atom. The van der Waals surface area contributed by atoms with E-state index >= 15 is 0 Å². The van der Waals surface area contributed by atoms with Crippen molar-refractivity contribution in [2.45, 2.75) is 105 Å². The van der Waals surface area contributed by atoms with Crippen LogP contribution >= 0.6 is 0 Å². The van der Waals surface area contributed by atoms with Gasteiger partial charge in [-0.2, -0.15) is 0 Å². The molecule has 0 bridgehead atoms. The fourth-order valence-corrected chi connectivity index (χ4v) is 5.82. The van der Waals surface area contributed by atoms with Gasteiger partial charge in [-0.05, 0) is 74.0 Å². The van der Waals surface area contributed by atoms with Gasteiger partial charge in [-0.15, -0.1) is 0 Å². The largest absolute Gasteiger partial charge is 0.0683 e. The molecule has 0 aliphatic heterocycles. The average Bonchev–Trinajstić information content (AvgIpc) is 2.68. The predicted molar refractivity (Wildman–Crippen MR) is 94.5 cm³/mol. The molecule has 0 amide bonds. The van der Waals surface area contributed by atoms with E-state index in [1.165, 1.54) is 38.5 Å². The quantitative estimate of drug-likeness (QED) is 0.503. The van der Waals surface area contributed by atoms with Gasteiger partial charge in [0.2, 0.25) is 0 Å². The highest BCUT2D eigenvalue weighted by Crippen LogP contribution is 2.52. The predicted octanol–water partition coefficient (Wildman–Crippen LogP) is 7.23. The van der Waals surface area contributed by atoms with Gasteiger partial charge in [-0.1, -0.05) is 59.8 Å². The molecule has 0 N–H and O–H groups in total. The first-order chi connectivity index (χ1) is 10.2. The zero-order chi connectivity index (χ0) is 15.3. The van der Waals surface area contributed by atoms with E-state index < -0.39 is 0 Å². The van der Waals surface area contributed by atoms with Crippen LogP contribution in [0.25, 0.3) is 0 Å². The maximum absolute atomic E-state index is 2.58. The molecule has 0 spiro atoms. The van der Waals surface area contributed by atoms with Gasteiger partial charge in [-0.3, -0.25) is 0 Å². The van der Waals surface area contributed by atoms with E-state index in [9.17, 15) is 0 Å². The summed E-state index contributed by atoms with van der Waals surface area (Å²) < 4.78 is 0. The molecular weight excluding hydrogens is 252 g/mol. The molecule has 4 unspecified atom stereocenters. The van der Waals surface area contributed by atoms with E-state index in [1.54, 1.807) is 38.5 Å². The molecular formula is C21H40. The van der Waals surface area contributed by atoms with Crippen molar-refractivity contribution >= 4 is 0 Å². The molecule has 4 atom stereocenters. The standard InChI is InChI=1S/C19H34.C2H6/c1-3-10-19(2)11-8-17-13-15-6-4-5-7-16(15)14-18(17)9-12-19;1-2/h15-18H,3-14H2,1-2H3;1-2H3. The van der Waals surface area contributed by atoms with Gasteiger partial charge < -0.3 is 0 Å². The average molecular weight is 293 g/mol. The van der Waals surface area contributed by atoms with E-state index in [0.717, 1.165) is 23.7 Å². The number of fused-ring (bicyclic) bond motifs is 2. The Labute approximate surface area is 134 Å². The van der Waals surface area contributed by atoms with Crippen LogP contribution < -0.4 is 0 Å². The normalized spacial score (nSPS) is 42.9. The Morgan fingerprint density at radius 3 is 1.62 bits per heavy atom. The molecule has 0 saturated heterocycles. The monoisotopic (exact) mass is 292 g/mol. The maximum atomic E-state index is 2.58. The minimum absolute atomic E-state index is 0.692. The molecule has 0 aromatic heterocycles. The zero-order valence-electron chi connectivity index (χ0n) is 15.3. The van der Waals surface area contributed by atoms with Gasteiger partial charge >= 0.3 is 0 Å². The highest BCUT2D eigenvalue weighted by atomic mass is 14.5. The molecule has 124 valence electrons. The lowest BCUT2D eigenvalue weighted by atomic mass is 9.62. The summed E-state index contributed by atoms with van der Waals surface area (Å²) in [6, 6.07) is 0. The van der Waals surface area contributed by atoms with Crippen molar-refractivity contribution in [3.05, 3.63) is 0 Å². The van der Waals surface area contributed by atoms with Gasteiger partial charge in [0.25, 0.3) is 0 Å². The Bertz CT molecular complexity index is 268. The Hall–Kier alpha value is 0. The minimum Gasteiger partial charge on any atom is -0.0683 e. The van der Waals surface area contributed by atoms with Crippen molar-refractivity contribution < 1.29 is 0 Å². The summed E-state index contributed by atoms with van der Waals surface area (Å²) in [5.41, 5.74) is 0.692. The zero-order valence-corrected chi connectivity index (χ0v) is 15.3. The summed E-state index contributed by atoms with van der Waals surface area (Å²) in [6.45, 7) is 8.96. The molecule has 0 radical (unpaired) electrons. The second kappa shape index (κ2) is 8.02. The van der Waals surface area contributed by atoms with Crippen LogP contribution in [0.2, 0.25) is 0 Å². The van der Waals surface area contributed by atoms with Crippen molar-refractivity contribution in [2.24, 2.45) is 29.1 Å². The van der Waals surface area contributed by atoms with E-state index in [0.29, 0.717) is 5.41 Å². The van der Waals surface area contributed by atoms with Crippen LogP contribution in [-0.2, 0) is 0 Å². The summed E-state index contributed by atoms with van der Waals surface area (Å²) in [5, 5.41) is 0. The first-order valence-electron chi connectivity index (χ1n) is 10.2. The van der Waals surface area contributed by atoms with E-state index in [1.807, 2.05) is 13.8 Å². The molecule has 3 saturated carbocycles. The fraction of sp³-hybridized carbons (Fsp3) is 1.00. The summed E-state index contributed by atoms with van der Waals surface area (Å²) in [6.07, 6.45) is 18.5. The SMILES string of the molecule is CC.CCCC1(C)CCC2CC3CCCCC3CC2CC1. The smallest absolute Gasteiger partial charge is 0.0326 e. The molecule has 3 aliphatic carbocycles. The van der Waals surface area contributed by atoms with Crippen LogP contribution in [-0.4, -0.2) is 0 Å². The van der Waals surface area contributed by atoms with Gasteiger partial charge in [-0.25, -0.2) is 0 Å². The molecule has 3 aliphatic rings. The summed E-state index contributed by atoms with van der Waals surface area (Å²) in [7, 11) is 0. The topological polar surface area (TPSA) is 0 Å². The molecule has 3 rings (SSSR count). The van der Waals surface area contributed by atoms with Gasteiger partial charge in [0.1, 0.15) is 0 Å². The van der Waals surface area contributed by atoms with Crippen molar-refractivity contribution in [1.29, 1.82) is 0 Å². The third-order valence-corrected chi connectivity index (χ3v) is 7.04. The molecule has 0 heteroatoms. The Balaban J connectivity index is 0.000000774. The van der Waals surface area contributed by atoms with Crippen LogP contribution in [0.5, 0.6) is 0 Å². The van der Waals surface area contributed by atoms with Gasteiger partial charge in [0, 0.05) is 0 Å². The van der Waals surface area contributed by atoms with Crippen LogP contribution in [0, 0.1) is 29.1 Å². The molecule has 21 heavy (non-hydrogen) atoms. The van der Waals surface area contributed by atoms with Crippen molar-refractivity contribution in [2.75, 3.05) is 0 Å². The lowest BCUT2D eigenvalue weighted by Gasteiger charge is -2.43. The highest BCUT2D eigenvalue weighted by molar-refractivity contribution is 4.92. The van der Waals surface area contributed by atoms with Crippen LogP contribution in [0.4, 0.5) is 0 Å². The van der Waals surface area contributed by atoms with E-state index in [-0.39, 0.29) is 0 Å². The fourth-order valence-electron chi connectivity index (χ4n) is 5.82. The van der Waals surface area contributed by atoms with E-state index in [2.05, 4.69) is 13.8 Å². The van der Waals surface area contributed by atoms with E-state index in [4.69, 9.17) is 0 Å². The van der Waals surface area contributed by atoms with Crippen molar-refractivity contribution in [3.63, 3.8) is 0 Å². The molecule has 0 nitrogen and oxygen atoms in total. The first kappa shape index (κ1) is 17.4. The van der Waals surface area contributed by atoms with Gasteiger partial charge in [0.05, 0.1) is 0 Å². The molecule has 0 aromatic carbocycles. The van der Waals surface area contributed by atoms with Crippen LogP contribution in [0.3, 0.4) is 0 Å². The van der Waals surface area contributed by atoms with Crippen LogP contribution in [0.15, 0.2) is 0 Å². The second-order valence-corrected chi connectivity index (χ2v) is 8.43.